The number of carbonyl (C=O) groups is 2. The first-order chi connectivity index (χ1) is 10.6. The summed E-state index contributed by atoms with van der Waals surface area (Å²) in [5.74, 6) is 0.672. The number of nitrogens with one attached hydrogen (secondary N) is 1. The Labute approximate surface area is 131 Å². The predicted molar refractivity (Wildman–Crippen MR) is 85.1 cm³/mol. The van der Waals surface area contributed by atoms with E-state index < -0.39 is 0 Å². The Morgan fingerprint density at radius 3 is 2.95 bits per heavy atom. The average molecular weight is 305 g/mol. The molecule has 2 rings (SSSR count). The lowest BCUT2D eigenvalue weighted by Crippen LogP contribution is -2.35. The first-order valence-electron chi connectivity index (χ1n) is 7.53. The first kappa shape index (κ1) is 16.3. The van der Waals surface area contributed by atoms with Crippen LogP contribution in [0.2, 0.25) is 0 Å². The van der Waals surface area contributed by atoms with Crippen molar-refractivity contribution in [1.82, 2.24) is 10.2 Å². The van der Waals surface area contributed by atoms with E-state index in [4.69, 9.17) is 4.74 Å². The van der Waals surface area contributed by atoms with E-state index in [1.165, 1.54) is 0 Å². The molecule has 0 bridgehead atoms. The molecule has 0 unspecified atom stereocenters. The summed E-state index contributed by atoms with van der Waals surface area (Å²) in [5.41, 5.74) is 0.830. The van der Waals surface area contributed by atoms with E-state index >= 15 is 0 Å². The Balaban J connectivity index is 1.90. The summed E-state index contributed by atoms with van der Waals surface area (Å²) in [4.78, 5) is 27.1. The standard InChI is InChI=1S/C16H23N3O3/c1-17-8-10-18(2)16(21)12-22-14-6-3-5-13(11-14)19-9-4-7-15(19)20/h3,5-6,11,17H,4,7-10,12H2,1-2H3. The van der Waals surface area contributed by atoms with Crippen LogP contribution in [0.25, 0.3) is 0 Å². The Morgan fingerprint density at radius 1 is 1.45 bits per heavy atom. The Kier molecular flexibility index (Phi) is 5.77. The normalized spacial score (nSPS) is 14.3. The lowest BCUT2D eigenvalue weighted by atomic mass is 10.3. The van der Waals surface area contributed by atoms with Crippen molar-refractivity contribution >= 4 is 17.5 Å². The van der Waals surface area contributed by atoms with Gasteiger partial charge >= 0.3 is 0 Å². The molecule has 2 amide bonds. The van der Waals surface area contributed by atoms with Crippen LogP contribution in [0.3, 0.4) is 0 Å². The zero-order valence-electron chi connectivity index (χ0n) is 13.2. The molecule has 1 saturated heterocycles. The van der Waals surface area contributed by atoms with E-state index in [2.05, 4.69) is 5.32 Å². The number of hydrogen-bond acceptors (Lipinski definition) is 4. The van der Waals surface area contributed by atoms with Gasteiger partial charge in [-0.05, 0) is 25.6 Å². The number of hydrogen-bond donors (Lipinski definition) is 1. The number of rotatable bonds is 7. The van der Waals surface area contributed by atoms with Crippen molar-refractivity contribution < 1.29 is 14.3 Å². The van der Waals surface area contributed by atoms with E-state index in [-0.39, 0.29) is 18.4 Å². The fraction of sp³-hybridized carbons (Fsp3) is 0.500. The van der Waals surface area contributed by atoms with Crippen LogP contribution in [0.1, 0.15) is 12.8 Å². The Morgan fingerprint density at radius 2 is 2.27 bits per heavy atom. The van der Waals surface area contributed by atoms with Crippen molar-refractivity contribution in [2.45, 2.75) is 12.8 Å². The third-order valence-electron chi connectivity index (χ3n) is 3.69. The Bertz CT molecular complexity index is 533. The van der Waals surface area contributed by atoms with Gasteiger partial charge < -0.3 is 19.9 Å². The molecule has 1 aliphatic rings. The molecule has 0 aliphatic carbocycles. The molecule has 120 valence electrons. The maximum Gasteiger partial charge on any atom is 0.260 e. The van der Waals surface area contributed by atoms with E-state index in [0.717, 1.165) is 25.2 Å². The largest absolute Gasteiger partial charge is 0.484 e. The third kappa shape index (κ3) is 4.21. The number of anilines is 1. The highest BCUT2D eigenvalue weighted by atomic mass is 16.5. The van der Waals surface area contributed by atoms with Gasteiger partial charge in [0.2, 0.25) is 5.91 Å². The molecular weight excluding hydrogens is 282 g/mol. The van der Waals surface area contributed by atoms with Gasteiger partial charge in [-0.1, -0.05) is 6.07 Å². The van der Waals surface area contributed by atoms with Crippen LogP contribution >= 0.6 is 0 Å². The monoisotopic (exact) mass is 305 g/mol. The summed E-state index contributed by atoms with van der Waals surface area (Å²) >= 11 is 0. The lowest BCUT2D eigenvalue weighted by molar-refractivity contribution is -0.132. The summed E-state index contributed by atoms with van der Waals surface area (Å²) in [6.07, 6.45) is 1.48. The van der Waals surface area contributed by atoms with Crippen LogP contribution in [0, 0.1) is 0 Å². The van der Waals surface area contributed by atoms with Crippen LogP contribution in [0.15, 0.2) is 24.3 Å². The molecule has 0 atom stereocenters. The van der Waals surface area contributed by atoms with Crippen LogP contribution in [-0.2, 0) is 9.59 Å². The lowest BCUT2D eigenvalue weighted by Gasteiger charge is -2.18. The van der Waals surface area contributed by atoms with Gasteiger partial charge in [-0.3, -0.25) is 9.59 Å². The van der Waals surface area contributed by atoms with Crippen LogP contribution < -0.4 is 15.0 Å². The molecule has 1 N–H and O–H groups in total. The van der Waals surface area contributed by atoms with E-state index in [9.17, 15) is 9.59 Å². The molecule has 0 aromatic heterocycles. The fourth-order valence-corrected chi connectivity index (χ4v) is 2.32. The molecule has 22 heavy (non-hydrogen) atoms. The second-order valence-electron chi connectivity index (χ2n) is 5.35. The number of ether oxygens (including phenoxy) is 1. The first-order valence-corrected chi connectivity index (χ1v) is 7.53. The summed E-state index contributed by atoms with van der Waals surface area (Å²) < 4.78 is 5.55. The summed E-state index contributed by atoms with van der Waals surface area (Å²) in [7, 11) is 3.60. The molecule has 1 aromatic carbocycles. The van der Waals surface area contributed by atoms with Crippen LogP contribution in [-0.4, -0.2) is 57.1 Å². The highest BCUT2D eigenvalue weighted by molar-refractivity contribution is 5.95. The van der Waals surface area contributed by atoms with E-state index in [1.54, 1.807) is 22.9 Å². The number of likely N-dealkylation sites (N-methyl/N-ethyl adjacent to an activating group) is 2. The molecule has 6 nitrogen and oxygen atoms in total. The zero-order chi connectivity index (χ0) is 15.9. The summed E-state index contributed by atoms with van der Waals surface area (Å²) in [6, 6.07) is 7.33. The molecule has 0 spiro atoms. The minimum absolute atomic E-state index is 0.00237. The van der Waals surface area contributed by atoms with Crippen LogP contribution in [0.5, 0.6) is 5.75 Å². The van der Waals surface area contributed by atoms with E-state index in [0.29, 0.717) is 18.7 Å². The second kappa shape index (κ2) is 7.79. The van der Waals surface area contributed by atoms with Crippen molar-refractivity contribution in [3.63, 3.8) is 0 Å². The maximum atomic E-state index is 11.9. The molecule has 0 radical (unpaired) electrons. The van der Waals surface area contributed by atoms with Gasteiger partial charge in [0.15, 0.2) is 6.61 Å². The minimum atomic E-state index is -0.0714. The van der Waals surface area contributed by atoms with Gasteiger partial charge in [0.05, 0.1) is 0 Å². The van der Waals surface area contributed by atoms with Crippen molar-refractivity contribution in [2.75, 3.05) is 45.2 Å². The molecule has 1 heterocycles. The topological polar surface area (TPSA) is 61.9 Å². The molecule has 6 heteroatoms. The highest BCUT2D eigenvalue weighted by Crippen LogP contribution is 2.25. The third-order valence-corrected chi connectivity index (χ3v) is 3.69. The maximum absolute atomic E-state index is 11.9. The smallest absolute Gasteiger partial charge is 0.260 e. The minimum Gasteiger partial charge on any atom is -0.484 e. The molecule has 1 aromatic rings. The quantitative estimate of drug-likeness (QED) is 0.812. The molecule has 1 aliphatic heterocycles. The number of amides is 2. The second-order valence-corrected chi connectivity index (χ2v) is 5.35. The van der Waals surface area contributed by atoms with Gasteiger partial charge in [-0.2, -0.15) is 0 Å². The summed E-state index contributed by atoms with van der Waals surface area (Å²) in [6.45, 7) is 2.13. The van der Waals surface area contributed by atoms with Gasteiger partial charge in [0, 0.05) is 44.9 Å². The predicted octanol–water partition coefficient (Wildman–Crippen LogP) is 0.870. The van der Waals surface area contributed by atoms with Gasteiger partial charge in [0.25, 0.3) is 5.91 Å². The van der Waals surface area contributed by atoms with Gasteiger partial charge in [0.1, 0.15) is 5.75 Å². The molecule has 1 fully saturated rings. The van der Waals surface area contributed by atoms with Crippen molar-refractivity contribution in [1.29, 1.82) is 0 Å². The van der Waals surface area contributed by atoms with Gasteiger partial charge in [-0.25, -0.2) is 0 Å². The van der Waals surface area contributed by atoms with Crippen molar-refractivity contribution in [2.24, 2.45) is 0 Å². The fourth-order valence-electron chi connectivity index (χ4n) is 2.32. The number of carbonyl (C=O) groups excluding carboxylic acids is 2. The van der Waals surface area contributed by atoms with Crippen molar-refractivity contribution in [3.05, 3.63) is 24.3 Å². The van der Waals surface area contributed by atoms with Crippen LogP contribution in [0.4, 0.5) is 5.69 Å². The highest BCUT2D eigenvalue weighted by Gasteiger charge is 2.21. The SMILES string of the molecule is CNCCN(C)C(=O)COc1cccc(N2CCCC2=O)c1. The number of benzene rings is 1. The number of nitrogens with zero attached hydrogens (tertiary/aromatic N) is 2. The average Bonchev–Trinajstić information content (AvgIpc) is 2.96. The van der Waals surface area contributed by atoms with E-state index in [1.807, 2.05) is 25.2 Å². The molecule has 0 saturated carbocycles. The van der Waals surface area contributed by atoms with Gasteiger partial charge in [-0.15, -0.1) is 0 Å². The summed E-state index contributed by atoms with van der Waals surface area (Å²) in [5, 5.41) is 3.00. The van der Waals surface area contributed by atoms with Crippen molar-refractivity contribution in [3.8, 4) is 5.75 Å². The molecular formula is C16H23N3O3. The Hall–Kier alpha value is -2.08. The zero-order valence-corrected chi connectivity index (χ0v) is 13.2.